The molecular weight excluding hydrogens is 386 g/mol. The van der Waals surface area contributed by atoms with E-state index in [1.54, 1.807) is 6.92 Å². The zero-order chi connectivity index (χ0) is 21.2. The van der Waals surface area contributed by atoms with Crippen LogP contribution in [-0.4, -0.2) is 34.3 Å². The minimum atomic E-state index is -0.479. The Hall–Kier alpha value is -2.28. The Kier molecular flexibility index (Phi) is 9.25. The Morgan fingerprint density at radius 2 is 1.93 bits per heavy atom. The number of imidazole rings is 1. The van der Waals surface area contributed by atoms with Gasteiger partial charge in [0.1, 0.15) is 0 Å². The van der Waals surface area contributed by atoms with Gasteiger partial charge in [0.05, 0.1) is 13.2 Å². The number of ether oxygens (including phenoxy) is 1. The number of benzene rings is 1. The molecule has 0 fully saturated rings. The maximum Gasteiger partial charge on any atom is 0.358 e. The Morgan fingerprint density at radius 1 is 1.21 bits per heavy atom. The molecule has 6 nitrogen and oxygen atoms in total. The van der Waals surface area contributed by atoms with Crippen LogP contribution >= 0.6 is 11.8 Å². The first kappa shape index (κ1) is 23.0. The van der Waals surface area contributed by atoms with Crippen molar-refractivity contribution in [1.29, 1.82) is 0 Å². The molecule has 2 aromatic rings. The summed E-state index contributed by atoms with van der Waals surface area (Å²) in [5.41, 5.74) is 1.33. The first-order chi connectivity index (χ1) is 14.0. The first-order valence-electron chi connectivity index (χ1n) is 10.2. The summed E-state index contributed by atoms with van der Waals surface area (Å²) in [4.78, 5) is 30.1. The van der Waals surface area contributed by atoms with Crippen LogP contribution in [0.15, 0.2) is 35.5 Å². The summed E-state index contributed by atoms with van der Waals surface area (Å²) in [5.74, 6) is -0.387. The molecule has 0 spiro atoms. The Bertz CT molecular complexity index is 805. The summed E-state index contributed by atoms with van der Waals surface area (Å²) in [6.07, 6.45) is 5.52. The summed E-state index contributed by atoms with van der Waals surface area (Å²) in [6, 6.07) is 9.85. The van der Waals surface area contributed by atoms with Crippen LogP contribution in [0.1, 0.15) is 62.5 Å². The summed E-state index contributed by atoms with van der Waals surface area (Å²) < 4.78 is 7.10. The highest BCUT2D eigenvalue weighted by Crippen LogP contribution is 2.27. The van der Waals surface area contributed by atoms with Crippen molar-refractivity contribution < 1.29 is 14.3 Å². The SMILES string of the molecule is CCCCC(CC)C(=O)Nc1nc(SC)n(Cc2ccccc2)c1C(=O)OCC. The van der Waals surface area contributed by atoms with Gasteiger partial charge in [-0.05, 0) is 31.6 Å². The van der Waals surface area contributed by atoms with Gasteiger partial charge in [0.2, 0.25) is 5.91 Å². The molecule has 0 bridgehead atoms. The number of hydrogen-bond donors (Lipinski definition) is 1. The predicted molar refractivity (Wildman–Crippen MR) is 117 cm³/mol. The van der Waals surface area contributed by atoms with E-state index in [4.69, 9.17) is 4.74 Å². The van der Waals surface area contributed by atoms with Gasteiger partial charge in [0.25, 0.3) is 0 Å². The third-order valence-corrected chi connectivity index (χ3v) is 5.46. The molecule has 0 saturated heterocycles. The molecule has 0 aliphatic rings. The lowest BCUT2D eigenvalue weighted by Gasteiger charge is -2.15. The topological polar surface area (TPSA) is 73.2 Å². The van der Waals surface area contributed by atoms with E-state index < -0.39 is 5.97 Å². The van der Waals surface area contributed by atoms with Gasteiger partial charge < -0.3 is 14.6 Å². The molecule has 158 valence electrons. The highest BCUT2D eigenvalue weighted by molar-refractivity contribution is 7.98. The van der Waals surface area contributed by atoms with Crippen molar-refractivity contribution in [1.82, 2.24) is 9.55 Å². The molecule has 1 heterocycles. The van der Waals surface area contributed by atoms with Crippen molar-refractivity contribution in [2.24, 2.45) is 5.92 Å². The second-order valence-electron chi connectivity index (χ2n) is 6.82. The summed E-state index contributed by atoms with van der Waals surface area (Å²) >= 11 is 1.43. The van der Waals surface area contributed by atoms with Crippen molar-refractivity contribution in [2.75, 3.05) is 18.2 Å². The van der Waals surface area contributed by atoms with Gasteiger partial charge in [0.15, 0.2) is 16.7 Å². The maximum absolute atomic E-state index is 12.8. The molecule has 1 atom stereocenters. The van der Waals surface area contributed by atoms with E-state index in [0.717, 1.165) is 31.2 Å². The summed E-state index contributed by atoms with van der Waals surface area (Å²) in [7, 11) is 0. The van der Waals surface area contributed by atoms with Crippen LogP contribution in [0, 0.1) is 5.92 Å². The average molecular weight is 418 g/mol. The highest BCUT2D eigenvalue weighted by atomic mass is 32.2. The fourth-order valence-corrected chi connectivity index (χ4v) is 3.74. The lowest BCUT2D eigenvalue weighted by molar-refractivity contribution is -0.120. The van der Waals surface area contributed by atoms with E-state index in [1.807, 2.05) is 48.1 Å². The van der Waals surface area contributed by atoms with Gasteiger partial charge in [-0.3, -0.25) is 4.79 Å². The van der Waals surface area contributed by atoms with Crippen LogP contribution in [0.5, 0.6) is 0 Å². The number of hydrogen-bond acceptors (Lipinski definition) is 5. The first-order valence-corrected chi connectivity index (χ1v) is 11.4. The number of esters is 1. The predicted octanol–water partition coefficient (Wildman–Crippen LogP) is 4.98. The average Bonchev–Trinajstić information content (AvgIpc) is 3.06. The number of anilines is 1. The molecule has 7 heteroatoms. The number of thioether (sulfide) groups is 1. The van der Waals surface area contributed by atoms with Crippen molar-refractivity contribution in [3.63, 3.8) is 0 Å². The van der Waals surface area contributed by atoms with E-state index in [9.17, 15) is 9.59 Å². The number of aromatic nitrogens is 2. The van der Waals surface area contributed by atoms with Crippen LogP contribution in [0.2, 0.25) is 0 Å². The number of nitrogens with one attached hydrogen (secondary N) is 1. The largest absolute Gasteiger partial charge is 0.461 e. The van der Waals surface area contributed by atoms with Gasteiger partial charge in [-0.15, -0.1) is 0 Å². The quantitative estimate of drug-likeness (QED) is 0.412. The molecule has 0 saturated carbocycles. The van der Waals surface area contributed by atoms with Crippen LogP contribution in [0.4, 0.5) is 5.82 Å². The minimum Gasteiger partial charge on any atom is -0.461 e. The van der Waals surface area contributed by atoms with Crippen molar-refractivity contribution in [3.8, 4) is 0 Å². The third kappa shape index (κ3) is 6.10. The number of unbranched alkanes of at least 4 members (excludes halogenated alkanes) is 1. The van der Waals surface area contributed by atoms with Crippen LogP contribution in [0.25, 0.3) is 0 Å². The zero-order valence-electron chi connectivity index (χ0n) is 17.7. The maximum atomic E-state index is 12.8. The molecule has 0 aliphatic heterocycles. The van der Waals surface area contributed by atoms with Gasteiger partial charge >= 0.3 is 5.97 Å². The van der Waals surface area contributed by atoms with Crippen molar-refractivity contribution >= 4 is 29.5 Å². The molecule has 0 aliphatic carbocycles. The Morgan fingerprint density at radius 3 is 2.52 bits per heavy atom. The molecule has 29 heavy (non-hydrogen) atoms. The molecule has 1 N–H and O–H groups in total. The van der Waals surface area contributed by atoms with Gasteiger partial charge in [-0.2, -0.15) is 0 Å². The second-order valence-corrected chi connectivity index (χ2v) is 7.60. The fraction of sp³-hybridized carbons (Fsp3) is 0.500. The van der Waals surface area contributed by atoms with Crippen LogP contribution in [-0.2, 0) is 16.1 Å². The van der Waals surface area contributed by atoms with E-state index in [1.165, 1.54) is 11.8 Å². The Labute approximate surface area is 177 Å². The number of rotatable bonds is 11. The normalized spacial score (nSPS) is 11.9. The summed E-state index contributed by atoms with van der Waals surface area (Å²) in [5, 5.41) is 3.57. The van der Waals surface area contributed by atoms with Crippen LogP contribution < -0.4 is 5.32 Å². The number of carbonyl (C=O) groups excluding carboxylic acids is 2. The summed E-state index contributed by atoms with van der Waals surface area (Å²) in [6.45, 7) is 6.61. The lowest BCUT2D eigenvalue weighted by atomic mass is 9.98. The number of amides is 1. The van der Waals surface area contributed by atoms with Gasteiger partial charge in [-0.1, -0.05) is 68.8 Å². The van der Waals surface area contributed by atoms with Crippen molar-refractivity contribution in [3.05, 3.63) is 41.6 Å². The molecular formula is C22H31N3O3S. The van der Waals surface area contributed by atoms with Crippen molar-refractivity contribution in [2.45, 2.75) is 58.2 Å². The lowest BCUT2D eigenvalue weighted by Crippen LogP contribution is -2.24. The van der Waals surface area contributed by atoms with E-state index >= 15 is 0 Å². The smallest absolute Gasteiger partial charge is 0.358 e. The molecule has 1 unspecified atom stereocenters. The monoisotopic (exact) mass is 417 g/mol. The van der Waals surface area contributed by atoms with Gasteiger partial charge in [0, 0.05) is 5.92 Å². The second kappa shape index (κ2) is 11.7. The van der Waals surface area contributed by atoms with E-state index in [2.05, 4.69) is 17.2 Å². The molecule has 1 aromatic heterocycles. The fourth-order valence-electron chi connectivity index (χ4n) is 3.18. The van der Waals surface area contributed by atoms with Crippen LogP contribution in [0.3, 0.4) is 0 Å². The molecule has 0 radical (unpaired) electrons. The third-order valence-electron chi connectivity index (χ3n) is 4.78. The van der Waals surface area contributed by atoms with E-state index in [-0.39, 0.29) is 24.2 Å². The molecule has 1 aromatic carbocycles. The van der Waals surface area contributed by atoms with Gasteiger partial charge in [-0.25, -0.2) is 9.78 Å². The zero-order valence-corrected chi connectivity index (χ0v) is 18.6. The standard InChI is InChI=1S/C22H31N3O3S/c1-5-8-14-17(6-2)20(26)23-19-18(21(27)28-7-3)25(22(24-19)29-4)15-16-12-10-9-11-13-16/h9-13,17H,5-8,14-15H2,1-4H3,(H,23,26). The van der Waals surface area contributed by atoms with E-state index in [0.29, 0.717) is 17.4 Å². The number of carbonyl (C=O) groups is 2. The molecule has 1 amide bonds. The highest BCUT2D eigenvalue weighted by Gasteiger charge is 2.27. The molecule has 2 rings (SSSR count). The Balaban J connectivity index is 2.40. The number of nitrogens with zero attached hydrogens (tertiary/aromatic N) is 2. The minimum absolute atomic E-state index is 0.0940.